The number of nitrogen functional groups attached to an aromatic ring is 1. The third kappa shape index (κ3) is 2.76. The van der Waals surface area contributed by atoms with Gasteiger partial charge in [0, 0.05) is 10.6 Å². The number of carbonyl (C=O) groups is 1. The number of aromatic nitrogens is 1. The van der Waals surface area contributed by atoms with E-state index in [1.165, 1.54) is 11.3 Å². The maximum Gasteiger partial charge on any atom is 0.259 e. The molecule has 2 rings (SSSR count). The molecule has 1 aromatic carbocycles. The first-order valence-electron chi connectivity index (χ1n) is 6.15. The Labute approximate surface area is 116 Å². The molecule has 1 amide bonds. The smallest absolute Gasteiger partial charge is 0.259 e. The lowest BCUT2D eigenvalue weighted by Gasteiger charge is -2.08. The molecule has 100 valence electrons. The van der Waals surface area contributed by atoms with E-state index >= 15 is 0 Å². The highest BCUT2D eigenvalue weighted by atomic mass is 32.1. The van der Waals surface area contributed by atoms with Crippen molar-refractivity contribution in [1.29, 1.82) is 0 Å². The fourth-order valence-electron chi connectivity index (χ4n) is 1.97. The Morgan fingerprint density at radius 3 is 2.74 bits per heavy atom. The van der Waals surface area contributed by atoms with Crippen molar-refractivity contribution < 1.29 is 4.79 Å². The van der Waals surface area contributed by atoms with E-state index in [0.29, 0.717) is 16.4 Å². The Kier molecular flexibility index (Phi) is 3.85. The standard InChI is InChI=1S/C14H17N3OS/c1-4-11-9(3)19-14(16-11)17-13(18)12-8(2)6-5-7-10(12)15/h5-7H,4,15H2,1-3H3,(H,16,17,18). The van der Waals surface area contributed by atoms with Gasteiger partial charge in [-0.25, -0.2) is 4.98 Å². The number of anilines is 2. The second-order valence-electron chi connectivity index (χ2n) is 4.37. The molecule has 0 radical (unpaired) electrons. The van der Waals surface area contributed by atoms with Gasteiger partial charge in [0.2, 0.25) is 0 Å². The molecule has 1 aromatic heterocycles. The maximum absolute atomic E-state index is 12.2. The van der Waals surface area contributed by atoms with Gasteiger partial charge in [0.1, 0.15) is 0 Å². The SMILES string of the molecule is CCc1nc(NC(=O)c2c(C)cccc2N)sc1C. The fourth-order valence-corrected chi connectivity index (χ4v) is 2.87. The Morgan fingerprint density at radius 1 is 1.42 bits per heavy atom. The fraction of sp³-hybridized carbons (Fsp3) is 0.286. The van der Waals surface area contributed by atoms with Gasteiger partial charge in [-0.05, 0) is 31.9 Å². The summed E-state index contributed by atoms with van der Waals surface area (Å²) in [5.41, 5.74) is 8.76. The number of nitrogens with two attached hydrogens (primary N) is 1. The van der Waals surface area contributed by atoms with Gasteiger partial charge in [-0.1, -0.05) is 19.1 Å². The zero-order chi connectivity index (χ0) is 14.0. The molecule has 3 N–H and O–H groups in total. The largest absolute Gasteiger partial charge is 0.398 e. The van der Waals surface area contributed by atoms with Crippen LogP contribution in [0.4, 0.5) is 10.8 Å². The van der Waals surface area contributed by atoms with Crippen LogP contribution in [0.5, 0.6) is 0 Å². The summed E-state index contributed by atoms with van der Waals surface area (Å²) in [6.07, 6.45) is 0.866. The molecule has 2 aromatic rings. The molecule has 0 saturated carbocycles. The van der Waals surface area contributed by atoms with E-state index in [4.69, 9.17) is 5.73 Å². The minimum Gasteiger partial charge on any atom is -0.398 e. The van der Waals surface area contributed by atoms with Crippen LogP contribution in [0, 0.1) is 13.8 Å². The molecule has 0 saturated heterocycles. The van der Waals surface area contributed by atoms with Gasteiger partial charge >= 0.3 is 0 Å². The van der Waals surface area contributed by atoms with Gasteiger partial charge in [0.15, 0.2) is 5.13 Å². The van der Waals surface area contributed by atoms with E-state index in [1.54, 1.807) is 6.07 Å². The Hall–Kier alpha value is -1.88. The summed E-state index contributed by atoms with van der Waals surface area (Å²) in [5.74, 6) is -0.202. The first-order valence-corrected chi connectivity index (χ1v) is 6.97. The van der Waals surface area contributed by atoms with Crippen molar-refractivity contribution in [3.63, 3.8) is 0 Å². The van der Waals surface area contributed by atoms with Crippen LogP contribution in [-0.4, -0.2) is 10.9 Å². The van der Waals surface area contributed by atoms with Crippen molar-refractivity contribution in [3.8, 4) is 0 Å². The van der Waals surface area contributed by atoms with Crippen molar-refractivity contribution in [2.24, 2.45) is 0 Å². The summed E-state index contributed by atoms with van der Waals surface area (Å²) >= 11 is 1.49. The van der Waals surface area contributed by atoms with Gasteiger partial charge in [0.25, 0.3) is 5.91 Å². The molecule has 0 unspecified atom stereocenters. The number of hydrogen-bond donors (Lipinski definition) is 2. The van der Waals surface area contributed by atoms with Crippen LogP contribution >= 0.6 is 11.3 Å². The van der Waals surface area contributed by atoms with Crippen LogP contribution in [-0.2, 0) is 6.42 Å². The molecule has 19 heavy (non-hydrogen) atoms. The van der Waals surface area contributed by atoms with E-state index in [9.17, 15) is 4.79 Å². The highest BCUT2D eigenvalue weighted by Gasteiger charge is 2.15. The molecule has 0 aliphatic rings. The number of benzene rings is 1. The molecule has 1 heterocycles. The molecule has 5 heteroatoms. The second-order valence-corrected chi connectivity index (χ2v) is 5.57. The van der Waals surface area contributed by atoms with Crippen molar-refractivity contribution in [3.05, 3.63) is 39.9 Å². The number of carbonyl (C=O) groups excluding carboxylic acids is 1. The lowest BCUT2D eigenvalue weighted by molar-refractivity contribution is 0.102. The third-order valence-electron chi connectivity index (χ3n) is 2.98. The molecule has 0 bridgehead atoms. The van der Waals surface area contributed by atoms with E-state index in [0.717, 1.165) is 22.6 Å². The van der Waals surface area contributed by atoms with Gasteiger partial charge < -0.3 is 5.73 Å². The Balaban J connectivity index is 2.25. The average Bonchev–Trinajstić information content (AvgIpc) is 2.69. The lowest BCUT2D eigenvalue weighted by Crippen LogP contribution is -2.15. The molecule has 4 nitrogen and oxygen atoms in total. The average molecular weight is 275 g/mol. The van der Waals surface area contributed by atoms with Gasteiger partial charge in [-0.3, -0.25) is 10.1 Å². The van der Waals surface area contributed by atoms with Crippen molar-refractivity contribution in [2.75, 3.05) is 11.1 Å². The highest BCUT2D eigenvalue weighted by Crippen LogP contribution is 2.24. The number of nitrogens with one attached hydrogen (secondary N) is 1. The summed E-state index contributed by atoms with van der Waals surface area (Å²) in [5, 5.41) is 3.45. The molecular weight excluding hydrogens is 258 g/mol. The minimum atomic E-state index is -0.202. The van der Waals surface area contributed by atoms with Crippen LogP contribution in [0.1, 0.15) is 33.4 Å². The summed E-state index contributed by atoms with van der Waals surface area (Å²) in [6.45, 7) is 5.93. The molecule has 0 aliphatic heterocycles. The zero-order valence-corrected chi connectivity index (χ0v) is 12.1. The lowest BCUT2D eigenvalue weighted by atomic mass is 10.1. The number of amides is 1. The number of hydrogen-bond acceptors (Lipinski definition) is 4. The summed E-state index contributed by atoms with van der Waals surface area (Å²) < 4.78 is 0. The van der Waals surface area contributed by atoms with Crippen LogP contribution in [0.15, 0.2) is 18.2 Å². The van der Waals surface area contributed by atoms with Crippen LogP contribution in [0.3, 0.4) is 0 Å². The number of rotatable bonds is 3. The summed E-state index contributed by atoms with van der Waals surface area (Å²) in [4.78, 5) is 17.8. The van der Waals surface area contributed by atoms with E-state index in [-0.39, 0.29) is 5.91 Å². The van der Waals surface area contributed by atoms with Gasteiger partial charge in [-0.15, -0.1) is 11.3 Å². The van der Waals surface area contributed by atoms with Crippen molar-refractivity contribution >= 4 is 28.1 Å². The highest BCUT2D eigenvalue weighted by molar-refractivity contribution is 7.15. The number of thiazole rings is 1. The summed E-state index contributed by atoms with van der Waals surface area (Å²) in [6, 6.07) is 5.44. The van der Waals surface area contributed by atoms with E-state index in [2.05, 4.69) is 10.3 Å². The monoisotopic (exact) mass is 275 g/mol. The number of nitrogens with zero attached hydrogens (tertiary/aromatic N) is 1. The van der Waals surface area contributed by atoms with E-state index < -0.39 is 0 Å². The van der Waals surface area contributed by atoms with Crippen LogP contribution in [0.2, 0.25) is 0 Å². The molecule has 0 atom stereocenters. The second kappa shape index (κ2) is 5.40. The summed E-state index contributed by atoms with van der Waals surface area (Å²) in [7, 11) is 0. The number of aryl methyl sites for hydroxylation is 3. The molecule has 0 fully saturated rings. The Bertz CT molecular complexity index is 599. The minimum absolute atomic E-state index is 0.202. The predicted molar refractivity (Wildman–Crippen MR) is 79.8 cm³/mol. The quantitative estimate of drug-likeness (QED) is 0.845. The van der Waals surface area contributed by atoms with Gasteiger partial charge in [-0.2, -0.15) is 0 Å². The van der Waals surface area contributed by atoms with Crippen molar-refractivity contribution in [2.45, 2.75) is 27.2 Å². The first-order chi connectivity index (χ1) is 9.02. The maximum atomic E-state index is 12.2. The van der Waals surface area contributed by atoms with Crippen molar-refractivity contribution in [1.82, 2.24) is 4.98 Å². The van der Waals surface area contributed by atoms with Gasteiger partial charge in [0.05, 0.1) is 11.3 Å². The zero-order valence-electron chi connectivity index (χ0n) is 11.3. The topological polar surface area (TPSA) is 68.0 Å². The first kappa shape index (κ1) is 13.5. The normalized spacial score (nSPS) is 10.5. The predicted octanol–water partition coefficient (Wildman–Crippen LogP) is 3.16. The third-order valence-corrected chi connectivity index (χ3v) is 3.91. The molecular formula is C14H17N3OS. The van der Waals surface area contributed by atoms with Crippen LogP contribution < -0.4 is 11.1 Å². The van der Waals surface area contributed by atoms with Crippen LogP contribution in [0.25, 0.3) is 0 Å². The molecule has 0 spiro atoms. The molecule has 0 aliphatic carbocycles. The Morgan fingerprint density at radius 2 is 2.16 bits per heavy atom. The van der Waals surface area contributed by atoms with E-state index in [1.807, 2.05) is 32.9 Å².